The highest BCUT2D eigenvalue weighted by atomic mass is 16.6. The van der Waals surface area contributed by atoms with E-state index in [4.69, 9.17) is 4.74 Å². The fourth-order valence-corrected chi connectivity index (χ4v) is 2.45. The average molecular weight is 315 g/mol. The van der Waals surface area contributed by atoms with Gasteiger partial charge in [0, 0.05) is 29.7 Å². The number of Topliss-reactive ketones (excluding diaryl/α,β-unsaturated/α-hetero) is 1. The van der Waals surface area contributed by atoms with Crippen LogP contribution in [0, 0.1) is 10.1 Å². The van der Waals surface area contributed by atoms with E-state index >= 15 is 0 Å². The largest absolute Gasteiger partial charge is 0.463 e. The predicted octanol–water partition coefficient (Wildman–Crippen LogP) is 3.22. The number of nitro benzene ring substituents is 1. The van der Waals surface area contributed by atoms with Crippen LogP contribution in [0.1, 0.15) is 32.3 Å². The molecule has 1 aliphatic carbocycles. The Kier molecular flexibility index (Phi) is 5.05. The summed E-state index contributed by atoms with van der Waals surface area (Å²) in [7, 11) is 0. The summed E-state index contributed by atoms with van der Waals surface area (Å²) in [5.74, 6) is -0.444. The van der Waals surface area contributed by atoms with Crippen molar-refractivity contribution in [2.24, 2.45) is 0 Å². The molecule has 0 radical (unpaired) electrons. The molecular weight excluding hydrogens is 298 g/mol. The van der Waals surface area contributed by atoms with Gasteiger partial charge in [-0.3, -0.25) is 14.9 Å². The minimum atomic E-state index is -0.479. The predicted molar refractivity (Wildman–Crippen MR) is 84.6 cm³/mol. The summed E-state index contributed by atoms with van der Waals surface area (Å²) in [4.78, 5) is 34.3. The van der Waals surface area contributed by atoms with E-state index < -0.39 is 10.9 Å². The Hall–Kier alpha value is -2.76. The van der Waals surface area contributed by atoms with Crippen molar-refractivity contribution >= 4 is 23.5 Å². The maximum absolute atomic E-state index is 12.1. The lowest BCUT2D eigenvalue weighted by Crippen LogP contribution is -2.18. The fraction of sp³-hybridized carbons (Fsp3) is 0.294. The molecule has 1 aromatic rings. The smallest absolute Gasteiger partial charge is 0.334 e. The Labute approximate surface area is 133 Å². The van der Waals surface area contributed by atoms with Crippen LogP contribution in [-0.4, -0.2) is 23.3 Å². The highest BCUT2D eigenvalue weighted by Gasteiger charge is 2.26. The minimum Gasteiger partial charge on any atom is -0.463 e. The number of ether oxygens (including phenoxy) is 1. The minimum absolute atomic E-state index is 0.0124. The molecule has 0 unspecified atom stereocenters. The zero-order chi connectivity index (χ0) is 17.0. The second kappa shape index (κ2) is 7.00. The van der Waals surface area contributed by atoms with Gasteiger partial charge in [0.05, 0.1) is 11.5 Å². The fourth-order valence-electron chi connectivity index (χ4n) is 2.45. The van der Waals surface area contributed by atoms with Gasteiger partial charge in [-0.25, -0.2) is 4.79 Å². The van der Waals surface area contributed by atoms with E-state index in [0.717, 1.165) is 0 Å². The van der Waals surface area contributed by atoms with E-state index in [1.54, 1.807) is 32.1 Å². The first-order chi connectivity index (χ1) is 10.9. The summed E-state index contributed by atoms with van der Waals surface area (Å²) in [5, 5.41) is 10.7. The van der Waals surface area contributed by atoms with Crippen molar-refractivity contribution in [1.82, 2.24) is 0 Å². The molecule has 120 valence electrons. The number of ketones is 1. The summed E-state index contributed by atoms with van der Waals surface area (Å²) < 4.78 is 5.02. The van der Waals surface area contributed by atoms with E-state index in [-0.39, 0.29) is 24.5 Å². The molecule has 0 saturated heterocycles. The Morgan fingerprint density at radius 3 is 2.52 bits per heavy atom. The lowest BCUT2D eigenvalue weighted by Gasteiger charge is -2.18. The lowest BCUT2D eigenvalue weighted by atomic mass is 9.86. The second-order valence-electron chi connectivity index (χ2n) is 5.15. The molecule has 0 saturated carbocycles. The van der Waals surface area contributed by atoms with Crippen molar-refractivity contribution in [3.05, 3.63) is 56.7 Å². The van der Waals surface area contributed by atoms with Gasteiger partial charge in [0.1, 0.15) is 0 Å². The second-order valence-corrected chi connectivity index (χ2v) is 5.15. The van der Waals surface area contributed by atoms with Gasteiger partial charge in [0.25, 0.3) is 5.69 Å². The van der Waals surface area contributed by atoms with Gasteiger partial charge < -0.3 is 4.74 Å². The summed E-state index contributed by atoms with van der Waals surface area (Å²) in [6.45, 7) is 3.74. The van der Waals surface area contributed by atoms with Gasteiger partial charge in [0.15, 0.2) is 5.78 Å². The highest BCUT2D eigenvalue weighted by molar-refractivity contribution is 6.08. The number of allylic oxidation sites excluding steroid dienone is 2. The van der Waals surface area contributed by atoms with Crippen molar-refractivity contribution in [2.75, 3.05) is 6.61 Å². The topological polar surface area (TPSA) is 86.5 Å². The number of nitro groups is 1. The number of carbonyl (C=O) groups excluding carboxylic acids is 2. The van der Waals surface area contributed by atoms with Crippen LogP contribution < -0.4 is 0 Å². The van der Waals surface area contributed by atoms with Gasteiger partial charge >= 0.3 is 5.97 Å². The first-order valence-corrected chi connectivity index (χ1v) is 7.30. The van der Waals surface area contributed by atoms with Gasteiger partial charge in [0.2, 0.25) is 0 Å². The number of benzene rings is 1. The van der Waals surface area contributed by atoms with Crippen molar-refractivity contribution < 1.29 is 19.2 Å². The molecule has 0 aliphatic heterocycles. The molecular formula is C17H17NO5. The number of rotatable bonds is 4. The van der Waals surface area contributed by atoms with Crippen molar-refractivity contribution in [3.8, 4) is 0 Å². The quantitative estimate of drug-likeness (QED) is 0.368. The van der Waals surface area contributed by atoms with Gasteiger partial charge in [-0.2, -0.15) is 0 Å². The van der Waals surface area contributed by atoms with Gasteiger partial charge in [-0.05, 0) is 49.6 Å². The summed E-state index contributed by atoms with van der Waals surface area (Å²) in [5.41, 5.74) is 2.23. The molecule has 0 N–H and O–H groups in total. The molecule has 0 amide bonds. The monoisotopic (exact) mass is 315 g/mol. The van der Waals surface area contributed by atoms with Crippen LogP contribution in [0.3, 0.4) is 0 Å². The Balaban J connectivity index is 2.38. The number of nitrogens with zero attached hydrogens (tertiary/aromatic N) is 1. The zero-order valence-electron chi connectivity index (χ0n) is 13.0. The number of hydrogen-bond acceptors (Lipinski definition) is 5. The zero-order valence-corrected chi connectivity index (χ0v) is 13.0. The molecule has 0 atom stereocenters. The molecule has 23 heavy (non-hydrogen) atoms. The van der Waals surface area contributed by atoms with E-state index in [9.17, 15) is 19.7 Å². The van der Waals surface area contributed by atoms with E-state index in [0.29, 0.717) is 28.7 Å². The van der Waals surface area contributed by atoms with E-state index in [1.165, 1.54) is 12.1 Å². The normalized spacial score (nSPS) is 16.6. The number of carbonyl (C=O) groups is 2. The molecule has 1 aliphatic rings. The third-order valence-electron chi connectivity index (χ3n) is 3.70. The summed E-state index contributed by atoms with van der Waals surface area (Å²) >= 11 is 0. The average Bonchev–Trinajstić information content (AvgIpc) is 2.52. The number of non-ortho nitro benzene ring substituents is 1. The van der Waals surface area contributed by atoms with Crippen LogP contribution in [0.4, 0.5) is 5.69 Å². The first-order valence-electron chi connectivity index (χ1n) is 7.30. The Morgan fingerprint density at radius 2 is 1.96 bits per heavy atom. The van der Waals surface area contributed by atoms with Crippen LogP contribution >= 0.6 is 0 Å². The van der Waals surface area contributed by atoms with Crippen LogP contribution in [0.25, 0.3) is 6.08 Å². The molecule has 2 rings (SSSR count). The van der Waals surface area contributed by atoms with E-state index in [2.05, 4.69) is 0 Å². The SMILES string of the molecule is CCOC(=O)C1=C(C)/C(=C/c2ccc([N+](=O)[O-])cc2)C(=O)CC1. The molecule has 6 nitrogen and oxygen atoms in total. The molecule has 0 aromatic heterocycles. The Bertz CT molecular complexity index is 713. The van der Waals surface area contributed by atoms with Crippen LogP contribution in [0.2, 0.25) is 0 Å². The molecule has 6 heteroatoms. The molecule has 0 spiro atoms. The van der Waals surface area contributed by atoms with Crippen molar-refractivity contribution in [2.45, 2.75) is 26.7 Å². The van der Waals surface area contributed by atoms with Crippen molar-refractivity contribution in [3.63, 3.8) is 0 Å². The molecule has 0 fully saturated rings. The first kappa shape index (κ1) is 16.6. The van der Waals surface area contributed by atoms with Crippen molar-refractivity contribution in [1.29, 1.82) is 0 Å². The molecule has 0 bridgehead atoms. The summed E-state index contributed by atoms with van der Waals surface area (Å²) in [6.07, 6.45) is 2.28. The van der Waals surface area contributed by atoms with Crippen LogP contribution in [-0.2, 0) is 14.3 Å². The lowest BCUT2D eigenvalue weighted by molar-refractivity contribution is -0.384. The standard InChI is InChI=1S/C17H17NO5/c1-3-23-17(20)14-8-9-16(19)15(11(14)2)10-12-4-6-13(7-5-12)18(21)22/h4-7,10H,3,8-9H2,1-2H3/b15-10-. The van der Waals surface area contributed by atoms with E-state index in [1.807, 2.05) is 0 Å². The number of hydrogen-bond donors (Lipinski definition) is 0. The third kappa shape index (κ3) is 3.71. The van der Waals surface area contributed by atoms with Gasteiger partial charge in [-0.15, -0.1) is 0 Å². The Morgan fingerprint density at radius 1 is 1.30 bits per heavy atom. The van der Waals surface area contributed by atoms with Crippen LogP contribution in [0.15, 0.2) is 41.0 Å². The maximum atomic E-state index is 12.1. The van der Waals surface area contributed by atoms with Crippen LogP contribution in [0.5, 0.6) is 0 Å². The molecule has 0 heterocycles. The number of esters is 1. The molecule has 1 aromatic carbocycles. The third-order valence-corrected chi connectivity index (χ3v) is 3.70. The maximum Gasteiger partial charge on any atom is 0.334 e. The summed E-state index contributed by atoms with van der Waals surface area (Å²) in [6, 6.07) is 5.91. The van der Waals surface area contributed by atoms with Gasteiger partial charge in [-0.1, -0.05) is 0 Å². The highest BCUT2D eigenvalue weighted by Crippen LogP contribution is 2.29.